The van der Waals surface area contributed by atoms with Gasteiger partial charge in [-0.1, -0.05) is 29.5 Å². The van der Waals surface area contributed by atoms with Gasteiger partial charge in [-0.05, 0) is 18.2 Å². The monoisotopic (exact) mass is 436 g/mol. The number of thiazole rings is 1. The molecule has 0 unspecified atom stereocenters. The smallest absolute Gasteiger partial charge is 0.226 e. The van der Waals surface area contributed by atoms with Gasteiger partial charge >= 0.3 is 0 Å². The molecule has 5 rings (SSSR count). The van der Waals surface area contributed by atoms with E-state index in [1.807, 2.05) is 36.4 Å². The lowest BCUT2D eigenvalue weighted by Gasteiger charge is -2.26. The number of para-hydroxylation sites is 1. The Morgan fingerprint density at radius 1 is 1.03 bits per heavy atom. The van der Waals surface area contributed by atoms with Crippen LogP contribution >= 0.6 is 11.3 Å². The molecular formula is C22H20N4O4S. The minimum Gasteiger partial charge on any atom is -0.493 e. The molecule has 9 heteroatoms. The second-order valence-electron chi connectivity index (χ2n) is 7.05. The molecule has 0 saturated carbocycles. The van der Waals surface area contributed by atoms with Crippen molar-refractivity contribution in [1.29, 1.82) is 0 Å². The molecule has 2 aromatic heterocycles. The molecule has 1 aliphatic rings. The lowest BCUT2D eigenvalue weighted by atomic mass is 9.86. The van der Waals surface area contributed by atoms with Crippen molar-refractivity contribution < 1.29 is 19.0 Å². The van der Waals surface area contributed by atoms with E-state index in [0.717, 1.165) is 21.3 Å². The summed E-state index contributed by atoms with van der Waals surface area (Å²) < 4.78 is 19.3. The van der Waals surface area contributed by atoms with Crippen LogP contribution in [0.4, 0.5) is 5.82 Å². The summed E-state index contributed by atoms with van der Waals surface area (Å²) in [7, 11) is 4.72. The summed E-state index contributed by atoms with van der Waals surface area (Å²) in [6, 6.07) is 11.6. The molecule has 0 aliphatic carbocycles. The maximum atomic E-state index is 12.7. The van der Waals surface area contributed by atoms with Gasteiger partial charge in [-0.25, -0.2) is 4.98 Å². The number of anilines is 1. The van der Waals surface area contributed by atoms with Crippen molar-refractivity contribution in [2.45, 2.75) is 12.3 Å². The summed E-state index contributed by atoms with van der Waals surface area (Å²) in [6.07, 6.45) is 2.05. The van der Waals surface area contributed by atoms with Gasteiger partial charge < -0.3 is 19.5 Å². The first-order valence-corrected chi connectivity index (χ1v) is 10.5. The summed E-state index contributed by atoms with van der Waals surface area (Å²) in [4.78, 5) is 17.4. The van der Waals surface area contributed by atoms with E-state index in [1.54, 1.807) is 32.2 Å². The lowest BCUT2D eigenvalue weighted by Crippen LogP contribution is -2.25. The average molecular weight is 436 g/mol. The normalized spacial score (nSPS) is 15.5. The van der Waals surface area contributed by atoms with E-state index < -0.39 is 0 Å². The second-order valence-corrected chi connectivity index (χ2v) is 8.06. The largest absolute Gasteiger partial charge is 0.493 e. The van der Waals surface area contributed by atoms with E-state index in [1.165, 1.54) is 11.3 Å². The highest BCUT2D eigenvalue weighted by molar-refractivity contribution is 7.20. The molecule has 1 atom stereocenters. The van der Waals surface area contributed by atoms with Gasteiger partial charge in [-0.2, -0.15) is 9.78 Å². The number of rotatable bonds is 5. The zero-order valence-corrected chi connectivity index (χ0v) is 18.0. The molecule has 1 N–H and O–H groups in total. The fraction of sp³-hybridized carbons (Fsp3) is 0.227. The number of amides is 1. The molecule has 3 heterocycles. The maximum Gasteiger partial charge on any atom is 0.226 e. The number of nitrogens with zero attached hydrogens (tertiary/aromatic N) is 3. The minimum atomic E-state index is -0.248. The molecule has 0 bridgehead atoms. The van der Waals surface area contributed by atoms with E-state index in [2.05, 4.69) is 15.4 Å². The third-order valence-corrected chi connectivity index (χ3v) is 6.41. The number of benzene rings is 2. The number of hydrogen-bond acceptors (Lipinski definition) is 7. The molecule has 158 valence electrons. The number of aromatic nitrogens is 3. The Morgan fingerprint density at radius 3 is 2.58 bits per heavy atom. The van der Waals surface area contributed by atoms with E-state index in [0.29, 0.717) is 28.2 Å². The van der Waals surface area contributed by atoms with Gasteiger partial charge in [0.2, 0.25) is 16.8 Å². The van der Waals surface area contributed by atoms with E-state index in [4.69, 9.17) is 14.2 Å². The highest BCUT2D eigenvalue weighted by Crippen LogP contribution is 2.47. The van der Waals surface area contributed by atoms with Crippen molar-refractivity contribution in [3.05, 3.63) is 53.7 Å². The van der Waals surface area contributed by atoms with Gasteiger partial charge in [0.15, 0.2) is 11.5 Å². The molecule has 2 aromatic carbocycles. The van der Waals surface area contributed by atoms with Crippen molar-refractivity contribution in [3.63, 3.8) is 0 Å². The molecule has 0 spiro atoms. The molecule has 8 nitrogen and oxygen atoms in total. The van der Waals surface area contributed by atoms with Crippen molar-refractivity contribution in [2.24, 2.45) is 0 Å². The predicted octanol–water partition coefficient (Wildman–Crippen LogP) is 3.98. The average Bonchev–Trinajstić information content (AvgIpc) is 3.41. The Kier molecular flexibility index (Phi) is 4.74. The van der Waals surface area contributed by atoms with E-state index in [9.17, 15) is 4.79 Å². The number of fused-ring (bicyclic) bond motifs is 2. The molecule has 0 saturated heterocycles. The number of nitrogens with one attached hydrogen (secondary N) is 1. The lowest BCUT2D eigenvalue weighted by molar-refractivity contribution is -0.116. The van der Waals surface area contributed by atoms with Crippen molar-refractivity contribution in [3.8, 4) is 22.4 Å². The van der Waals surface area contributed by atoms with Crippen molar-refractivity contribution >= 4 is 33.3 Å². The van der Waals surface area contributed by atoms with E-state index in [-0.39, 0.29) is 18.2 Å². The molecular weight excluding hydrogens is 416 g/mol. The minimum absolute atomic E-state index is 0.0998. The molecule has 0 radical (unpaired) electrons. The standard InChI is InChI=1S/C22H20N4O4S/c1-28-16-9-8-12(19(29-2)20(16)30-3)13-10-18(27)25-21-14(13)11-23-26(21)22-24-15-6-4-5-7-17(15)31-22/h4-9,11,13H,10H2,1-3H3,(H,25,27)/t13-/m0/s1. The Hall–Kier alpha value is -3.59. The van der Waals surface area contributed by atoms with Crippen LogP contribution < -0.4 is 19.5 Å². The third-order valence-electron chi connectivity index (χ3n) is 5.39. The summed E-state index contributed by atoms with van der Waals surface area (Å²) in [5.41, 5.74) is 2.62. The highest BCUT2D eigenvalue weighted by atomic mass is 32.1. The summed E-state index contributed by atoms with van der Waals surface area (Å²) in [6.45, 7) is 0. The number of methoxy groups -OCH3 is 3. The number of carbonyl (C=O) groups excluding carboxylic acids is 1. The maximum absolute atomic E-state index is 12.7. The summed E-state index contributed by atoms with van der Waals surface area (Å²) in [5.74, 6) is 1.87. The Morgan fingerprint density at radius 2 is 1.84 bits per heavy atom. The van der Waals surface area contributed by atoms with Crippen molar-refractivity contribution in [1.82, 2.24) is 14.8 Å². The molecule has 1 aliphatic heterocycles. The third kappa shape index (κ3) is 3.09. The van der Waals surface area contributed by atoms with Crippen LogP contribution in [0.3, 0.4) is 0 Å². The fourth-order valence-electron chi connectivity index (χ4n) is 3.99. The van der Waals surface area contributed by atoms with E-state index >= 15 is 0 Å². The Balaban J connectivity index is 1.64. The van der Waals surface area contributed by atoms with Gasteiger partial charge in [0, 0.05) is 23.5 Å². The Labute approximate surface area is 182 Å². The van der Waals surface area contributed by atoms with Gasteiger partial charge in [0.25, 0.3) is 0 Å². The second kappa shape index (κ2) is 7.59. The van der Waals surface area contributed by atoms with Crippen LogP contribution in [0.1, 0.15) is 23.5 Å². The molecule has 1 amide bonds. The molecule has 0 fully saturated rings. The SMILES string of the molecule is COc1ccc([C@@H]2CC(=O)Nc3c2cnn3-c2nc3ccccc3s2)c(OC)c1OC. The number of carbonyl (C=O) groups is 1. The summed E-state index contributed by atoms with van der Waals surface area (Å²) in [5, 5.41) is 8.23. The Bertz CT molecular complexity index is 1260. The topological polar surface area (TPSA) is 87.5 Å². The van der Waals surface area contributed by atoms with Gasteiger partial charge in [0.05, 0.1) is 37.7 Å². The van der Waals surface area contributed by atoms with Crippen LogP contribution in [0.25, 0.3) is 15.3 Å². The first-order valence-electron chi connectivity index (χ1n) is 9.67. The zero-order valence-electron chi connectivity index (χ0n) is 17.2. The first kappa shape index (κ1) is 19.4. The van der Waals surface area contributed by atoms with Crippen molar-refractivity contribution in [2.75, 3.05) is 26.6 Å². The number of hydrogen-bond donors (Lipinski definition) is 1. The van der Waals surface area contributed by atoms with Crippen LogP contribution in [-0.4, -0.2) is 42.0 Å². The van der Waals surface area contributed by atoms with Crippen LogP contribution in [0, 0.1) is 0 Å². The predicted molar refractivity (Wildman–Crippen MR) is 118 cm³/mol. The quantitative estimate of drug-likeness (QED) is 0.509. The fourth-order valence-corrected chi connectivity index (χ4v) is 4.92. The zero-order chi connectivity index (χ0) is 21.5. The van der Waals surface area contributed by atoms with Crippen LogP contribution in [-0.2, 0) is 4.79 Å². The van der Waals surface area contributed by atoms with Crippen LogP contribution in [0.2, 0.25) is 0 Å². The molecule has 31 heavy (non-hydrogen) atoms. The number of ether oxygens (including phenoxy) is 3. The van der Waals surface area contributed by atoms with Crippen LogP contribution in [0.5, 0.6) is 17.2 Å². The molecule has 4 aromatic rings. The van der Waals surface area contributed by atoms with Gasteiger partial charge in [-0.15, -0.1) is 0 Å². The first-order chi connectivity index (χ1) is 15.1. The highest BCUT2D eigenvalue weighted by Gasteiger charge is 2.34. The van der Waals surface area contributed by atoms with Gasteiger partial charge in [0.1, 0.15) is 5.82 Å². The van der Waals surface area contributed by atoms with Crippen LogP contribution in [0.15, 0.2) is 42.6 Å². The summed E-state index contributed by atoms with van der Waals surface area (Å²) >= 11 is 1.52. The van der Waals surface area contributed by atoms with Gasteiger partial charge in [-0.3, -0.25) is 4.79 Å².